The molecule has 1 N–H and O–H groups in total. The fourth-order valence-corrected chi connectivity index (χ4v) is 2.85. The number of carbonyl (C=O) groups excluding carboxylic acids is 1. The summed E-state index contributed by atoms with van der Waals surface area (Å²) in [5.41, 5.74) is 0.733. The van der Waals surface area contributed by atoms with Gasteiger partial charge in [0.15, 0.2) is 0 Å². The molecule has 1 aromatic rings. The minimum atomic E-state index is 0.0278. The number of amides is 1. The SMILES string of the molecule is O=C(Nc1ccccc1OCC1CCCO1)C1CCOCC1. The molecule has 2 saturated heterocycles. The molecular weight excluding hydrogens is 282 g/mol. The summed E-state index contributed by atoms with van der Waals surface area (Å²) in [6, 6.07) is 7.57. The van der Waals surface area contributed by atoms with Crippen LogP contribution in [0.4, 0.5) is 5.69 Å². The van der Waals surface area contributed by atoms with Gasteiger partial charge in [0.05, 0.1) is 11.8 Å². The lowest BCUT2D eigenvalue weighted by molar-refractivity contribution is -0.122. The highest BCUT2D eigenvalue weighted by atomic mass is 16.5. The molecule has 2 fully saturated rings. The van der Waals surface area contributed by atoms with E-state index in [1.165, 1.54) is 0 Å². The van der Waals surface area contributed by atoms with Crippen LogP contribution in [0.2, 0.25) is 0 Å². The summed E-state index contributed by atoms with van der Waals surface area (Å²) in [5.74, 6) is 0.787. The van der Waals surface area contributed by atoms with E-state index in [-0.39, 0.29) is 17.9 Å². The van der Waals surface area contributed by atoms with Crippen molar-refractivity contribution in [3.8, 4) is 5.75 Å². The third-order valence-corrected chi connectivity index (χ3v) is 4.19. The molecule has 2 heterocycles. The maximum atomic E-state index is 12.3. The third-order valence-electron chi connectivity index (χ3n) is 4.19. The van der Waals surface area contributed by atoms with Crippen LogP contribution in [0, 0.1) is 5.92 Å². The summed E-state index contributed by atoms with van der Waals surface area (Å²) < 4.78 is 16.7. The van der Waals surface area contributed by atoms with E-state index >= 15 is 0 Å². The number of hydrogen-bond acceptors (Lipinski definition) is 4. The highest BCUT2D eigenvalue weighted by Crippen LogP contribution is 2.26. The second-order valence-electron chi connectivity index (χ2n) is 5.82. The average molecular weight is 305 g/mol. The van der Waals surface area contributed by atoms with Crippen LogP contribution in [0.5, 0.6) is 5.75 Å². The molecule has 1 amide bonds. The number of para-hydroxylation sites is 2. The molecule has 1 atom stereocenters. The summed E-state index contributed by atoms with van der Waals surface area (Å²) in [4.78, 5) is 12.3. The Bertz CT molecular complexity index is 493. The standard InChI is InChI=1S/C17H23NO4/c19-17(13-7-10-20-11-8-13)18-15-5-1-2-6-16(15)22-12-14-4-3-9-21-14/h1-2,5-6,13-14H,3-4,7-12H2,(H,18,19). The zero-order chi connectivity index (χ0) is 15.2. The minimum absolute atomic E-state index is 0.0278. The van der Waals surface area contributed by atoms with Crippen molar-refractivity contribution in [1.29, 1.82) is 0 Å². The fourth-order valence-electron chi connectivity index (χ4n) is 2.85. The molecule has 1 aromatic carbocycles. The largest absolute Gasteiger partial charge is 0.489 e. The zero-order valence-electron chi connectivity index (χ0n) is 12.8. The van der Waals surface area contributed by atoms with E-state index in [4.69, 9.17) is 14.2 Å². The normalized spacial score (nSPS) is 22.5. The number of benzene rings is 1. The second kappa shape index (κ2) is 7.61. The van der Waals surface area contributed by atoms with Gasteiger partial charge in [0, 0.05) is 25.7 Å². The van der Waals surface area contributed by atoms with E-state index in [2.05, 4.69) is 5.32 Å². The van der Waals surface area contributed by atoms with Crippen LogP contribution < -0.4 is 10.1 Å². The smallest absolute Gasteiger partial charge is 0.227 e. The molecule has 0 bridgehead atoms. The van der Waals surface area contributed by atoms with Gasteiger partial charge in [0.25, 0.3) is 0 Å². The van der Waals surface area contributed by atoms with E-state index in [0.717, 1.165) is 38.0 Å². The van der Waals surface area contributed by atoms with E-state index in [0.29, 0.717) is 25.6 Å². The van der Waals surface area contributed by atoms with Gasteiger partial charge < -0.3 is 19.5 Å². The molecule has 2 aliphatic rings. The van der Waals surface area contributed by atoms with Crippen LogP contribution in [-0.4, -0.2) is 38.4 Å². The summed E-state index contributed by atoms with van der Waals surface area (Å²) in [5, 5.41) is 3.00. The Morgan fingerprint density at radius 1 is 1.18 bits per heavy atom. The third kappa shape index (κ3) is 3.99. The first kappa shape index (κ1) is 15.3. The first-order valence-electron chi connectivity index (χ1n) is 8.05. The Balaban J connectivity index is 1.58. The fraction of sp³-hybridized carbons (Fsp3) is 0.588. The first-order valence-corrected chi connectivity index (χ1v) is 8.05. The van der Waals surface area contributed by atoms with Crippen LogP contribution in [0.1, 0.15) is 25.7 Å². The maximum absolute atomic E-state index is 12.3. The van der Waals surface area contributed by atoms with Gasteiger partial charge in [-0.15, -0.1) is 0 Å². The average Bonchev–Trinajstić information content (AvgIpc) is 3.08. The summed E-state index contributed by atoms with van der Waals surface area (Å²) >= 11 is 0. The molecule has 5 nitrogen and oxygen atoms in total. The Hall–Kier alpha value is -1.59. The summed E-state index contributed by atoms with van der Waals surface area (Å²) in [6.07, 6.45) is 3.86. The molecule has 120 valence electrons. The molecule has 0 aliphatic carbocycles. The zero-order valence-corrected chi connectivity index (χ0v) is 12.8. The highest BCUT2D eigenvalue weighted by molar-refractivity contribution is 5.94. The Morgan fingerprint density at radius 2 is 2.00 bits per heavy atom. The quantitative estimate of drug-likeness (QED) is 0.908. The van der Waals surface area contributed by atoms with Gasteiger partial charge >= 0.3 is 0 Å². The molecule has 0 aromatic heterocycles. The predicted octanol–water partition coefficient (Wildman–Crippen LogP) is 2.61. The summed E-state index contributed by atoms with van der Waals surface area (Å²) in [6.45, 7) is 2.67. The van der Waals surface area contributed by atoms with Gasteiger partial charge in [-0.25, -0.2) is 0 Å². The molecule has 22 heavy (non-hydrogen) atoms. The van der Waals surface area contributed by atoms with Gasteiger partial charge in [0.1, 0.15) is 12.4 Å². The number of rotatable bonds is 5. The number of ether oxygens (including phenoxy) is 3. The number of carbonyl (C=O) groups is 1. The molecule has 5 heteroatoms. The number of anilines is 1. The maximum Gasteiger partial charge on any atom is 0.227 e. The van der Waals surface area contributed by atoms with E-state index in [1.807, 2.05) is 24.3 Å². The number of nitrogens with one attached hydrogen (secondary N) is 1. The molecule has 3 rings (SSSR count). The van der Waals surface area contributed by atoms with Crippen molar-refractivity contribution in [2.24, 2.45) is 5.92 Å². The lowest BCUT2D eigenvalue weighted by Crippen LogP contribution is -2.28. The lowest BCUT2D eigenvalue weighted by atomic mass is 9.99. The molecular formula is C17H23NO4. The van der Waals surface area contributed by atoms with Crippen LogP contribution in [0.25, 0.3) is 0 Å². The van der Waals surface area contributed by atoms with Crippen molar-refractivity contribution < 1.29 is 19.0 Å². The van der Waals surface area contributed by atoms with Crippen molar-refractivity contribution in [2.75, 3.05) is 31.7 Å². The van der Waals surface area contributed by atoms with Crippen LogP contribution >= 0.6 is 0 Å². The van der Waals surface area contributed by atoms with Crippen molar-refractivity contribution in [3.63, 3.8) is 0 Å². The van der Waals surface area contributed by atoms with Crippen LogP contribution in [-0.2, 0) is 14.3 Å². The van der Waals surface area contributed by atoms with E-state index < -0.39 is 0 Å². The molecule has 0 saturated carbocycles. The van der Waals surface area contributed by atoms with Gasteiger partial charge in [-0.05, 0) is 37.8 Å². The van der Waals surface area contributed by atoms with Crippen molar-refractivity contribution in [1.82, 2.24) is 0 Å². The van der Waals surface area contributed by atoms with Gasteiger partial charge in [-0.3, -0.25) is 4.79 Å². The van der Waals surface area contributed by atoms with E-state index in [1.54, 1.807) is 0 Å². The van der Waals surface area contributed by atoms with Crippen LogP contribution in [0.3, 0.4) is 0 Å². The second-order valence-corrected chi connectivity index (χ2v) is 5.82. The highest BCUT2D eigenvalue weighted by Gasteiger charge is 2.23. The molecule has 0 radical (unpaired) electrons. The topological polar surface area (TPSA) is 56.8 Å². The van der Waals surface area contributed by atoms with Crippen LogP contribution in [0.15, 0.2) is 24.3 Å². The number of hydrogen-bond donors (Lipinski definition) is 1. The van der Waals surface area contributed by atoms with Gasteiger partial charge in [-0.2, -0.15) is 0 Å². The Kier molecular flexibility index (Phi) is 5.29. The molecule has 1 unspecified atom stereocenters. The van der Waals surface area contributed by atoms with Gasteiger partial charge in [-0.1, -0.05) is 12.1 Å². The Labute approximate surface area is 130 Å². The van der Waals surface area contributed by atoms with Crippen molar-refractivity contribution in [2.45, 2.75) is 31.8 Å². The van der Waals surface area contributed by atoms with Crippen molar-refractivity contribution >= 4 is 11.6 Å². The molecule has 2 aliphatic heterocycles. The molecule has 0 spiro atoms. The van der Waals surface area contributed by atoms with Crippen molar-refractivity contribution in [3.05, 3.63) is 24.3 Å². The first-order chi connectivity index (χ1) is 10.8. The lowest BCUT2D eigenvalue weighted by Gasteiger charge is -2.22. The monoisotopic (exact) mass is 305 g/mol. The minimum Gasteiger partial charge on any atom is -0.489 e. The summed E-state index contributed by atoms with van der Waals surface area (Å²) in [7, 11) is 0. The van der Waals surface area contributed by atoms with Gasteiger partial charge in [0.2, 0.25) is 5.91 Å². The Morgan fingerprint density at radius 3 is 2.77 bits per heavy atom. The predicted molar refractivity (Wildman–Crippen MR) is 83.1 cm³/mol. The van der Waals surface area contributed by atoms with E-state index in [9.17, 15) is 4.79 Å².